The second kappa shape index (κ2) is 7.51. The Morgan fingerprint density at radius 2 is 1.89 bits per heavy atom. The molecule has 0 aliphatic rings. The molecule has 2 N–H and O–H groups in total. The zero-order valence-electron chi connectivity index (χ0n) is 12.4. The number of aliphatic hydroxyl groups is 2. The maximum atomic E-state index is 9.84. The topological polar surface area (TPSA) is 49.7 Å². The van der Waals surface area contributed by atoms with Crippen molar-refractivity contribution >= 4 is 0 Å². The summed E-state index contributed by atoms with van der Waals surface area (Å²) >= 11 is 0. The van der Waals surface area contributed by atoms with Crippen LogP contribution in [0.1, 0.15) is 50.7 Å². The summed E-state index contributed by atoms with van der Waals surface area (Å²) in [4.78, 5) is 0. The lowest BCUT2D eigenvalue weighted by Crippen LogP contribution is -2.24. The summed E-state index contributed by atoms with van der Waals surface area (Å²) in [5.74, 6) is 1.15. The van der Waals surface area contributed by atoms with E-state index >= 15 is 0 Å². The van der Waals surface area contributed by atoms with E-state index in [1.165, 1.54) is 11.1 Å². The van der Waals surface area contributed by atoms with E-state index in [1.54, 1.807) is 6.92 Å². The van der Waals surface area contributed by atoms with Crippen molar-refractivity contribution in [2.24, 2.45) is 0 Å². The Kier molecular flexibility index (Phi) is 6.32. The molecule has 3 heteroatoms. The van der Waals surface area contributed by atoms with Crippen molar-refractivity contribution < 1.29 is 14.9 Å². The minimum absolute atomic E-state index is 0.264. The largest absolute Gasteiger partial charge is 0.494 e. The third-order valence-electron chi connectivity index (χ3n) is 3.57. The van der Waals surface area contributed by atoms with Gasteiger partial charge in [0.15, 0.2) is 0 Å². The van der Waals surface area contributed by atoms with E-state index in [0.717, 1.165) is 12.2 Å². The molecule has 108 valence electrons. The van der Waals surface area contributed by atoms with Crippen LogP contribution in [0.25, 0.3) is 0 Å². The molecule has 0 saturated heterocycles. The summed E-state index contributed by atoms with van der Waals surface area (Å²) < 4.78 is 5.48. The molecule has 0 heterocycles. The molecular weight excluding hydrogens is 240 g/mol. The van der Waals surface area contributed by atoms with Gasteiger partial charge in [-0.2, -0.15) is 0 Å². The van der Waals surface area contributed by atoms with Crippen LogP contribution in [0.5, 0.6) is 5.75 Å². The molecule has 0 radical (unpaired) electrons. The quantitative estimate of drug-likeness (QED) is 0.797. The summed E-state index contributed by atoms with van der Waals surface area (Å²) in [5.41, 5.74) is 2.40. The van der Waals surface area contributed by atoms with E-state index in [-0.39, 0.29) is 5.92 Å². The van der Waals surface area contributed by atoms with Gasteiger partial charge in [-0.15, -0.1) is 0 Å². The summed E-state index contributed by atoms with van der Waals surface area (Å²) in [6.45, 7) is 8.43. The molecule has 3 nitrogen and oxygen atoms in total. The van der Waals surface area contributed by atoms with Crippen LogP contribution in [0.15, 0.2) is 18.2 Å². The Balaban J connectivity index is 2.86. The average Bonchev–Trinajstić information content (AvgIpc) is 2.36. The fourth-order valence-corrected chi connectivity index (χ4v) is 2.36. The Labute approximate surface area is 116 Å². The van der Waals surface area contributed by atoms with Crippen LogP contribution in [0.3, 0.4) is 0 Å². The third kappa shape index (κ3) is 4.51. The van der Waals surface area contributed by atoms with Gasteiger partial charge in [0, 0.05) is 0 Å². The Morgan fingerprint density at radius 3 is 2.37 bits per heavy atom. The van der Waals surface area contributed by atoms with Gasteiger partial charge in [-0.25, -0.2) is 0 Å². The highest BCUT2D eigenvalue weighted by Crippen LogP contribution is 2.30. The molecule has 1 aromatic rings. The first-order chi connectivity index (χ1) is 8.99. The van der Waals surface area contributed by atoms with E-state index in [2.05, 4.69) is 19.9 Å². The highest BCUT2D eigenvalue weighted by Gasteiger charge is 2.19. The van der Waals surface area contributed by atoms with E-state index in [4.69, 9.17) is 4.74 Å². The van der Waals surface area contributed by atoms with E-state index in [0.29, 0.717) is 13.0 Å². The van der Waals surface area contributed by atoms with Crippen LogP contribution in [0, 0.1) is 6.92 Å². The van der Waals surface area contributed by atoms with Crippen molar-refractivity contribution in [1.29, 1.82) is 0 Å². The summed E-state index contributed by atoms with van der Waals surface area (Å²) in [5, 5.41) is 19.3. The number of hydrogen-bond donors (Lipinski definition) is 2. The molecule has 1 aromatic carbocycles. The standard InChI is InChI=1S/C16H26O3/c1-5-13(10-16(18)12(4)17)15-8-7-14(19-6-2)9-11(15)3/h7-9,12-13,16-18H,5-6,10H2,1-4H3. The molecular formula is C16H26O3. The number of ether oxygens (including phenoxy) is 1. The van der Waals surface area contributed by atoms with Crippen LogP contribution in [-0.4, -0.2) is 29.0 Å². The molecule has 1 rings (SSSR count). The normalized spacial score (nSPS) is 15.9. The smallest absolute Gasteiger partial charge is 0.119 e. The molecule has 0 aromatic heterocycles. The number of rotatable bonds is 7. The summed E-state index contributed by atoms with van der Waals surface area (Å²) in [6.07, 6.45) is 0.176. The van der Waals surface area contributed by atoms with Crippen molar-refractivity contribution in [3.63, 3.8) is 0 Å². The molecule has 0 fully saturated rings. The molecule has 0 amide bonds. The molecule has 0 aliphatic heterocycles. The van der Waals surface area contributed by atoms with Crippen LogP contribution in [0.4, 0.5) is 0 Å². The molecule has 0 aliphatic carbocycles. The van der Waals surface area contributed by atoms with Gasteiger partial charge < -0.3 is 14.9 Å². The van der Waals surface area contributed by atoms with E-state index < -0.39 is 12.2 Å². The fraction of sp³-hybridized carbons (Fsp3) is 0.625. The highest BCUT2D eigenvalue weighted by atomic mass is 16.5. The fourth-order valence-electron chi connectivity index (χ4n) is 2.36. The van der Waals surface area contributed by atoms with Gasteiger partial charge in [-0.05, 0) is 62.8 Å². The van der Waals surface area contributed by atoms with Gasteiger partial charge >= 0.3 is 0 Å². The van der Waals surface area contributed by atoms with Gasteiger partial charge in [-0.1, -0.05) is 13.0 Å². The zero-order valence-corrected chi connectivity index (χ0v) is 12.4. The molecule has 3 atom stereocenters. The molecule has 19 heavy (non-hydrogen) atoms. The van der Waals surface area contributed by atoms with Crippen LogP contribution < -0.4 is 4.74 Å². The highest BCUT2D eigenvalue weighted by molar-refractivity contribution is 5.37. The number of aryl methyl sites for hydroxylation is 1. The number of aliphatic hydroxyl groups excluding tert-OH is 2. The van der Waals surface area contributed by atoms with Crippen LogP contribution in [0.2, 0.25) is 0 Å². The lowest BCUT2D eigenvalue weighted by atomic mass is 9.87. The van der Waals surface area contributed by atoms with E-state index in [1.807, 2.05) is 19.1 Å². The summed E-state index contributed by atoms with van der Waals surface area (Å²) in [6, 6.07) is 6.09. The maximum Gasteiger partial charge on any atom is 0.119 e. The number of benzene rings is 1. The second-order valence-electron chi connectivity index (χ2n) is 5.10. The van der Waals surface area contributed by atoms with Crippen molar-refractivity contribution in [2.45, 2.75) is 58.7 Å². The van der Waals surface area contributed by atoms with Gasteiger partial charge in [0.05, 0.1) is 18.8 Å². The maximum absolute atomic E-state index is 9.84. The monoisotopic (exact) mass is 266 g/mol. The lowest BCUT2D eigenvalue weighted by molar-refractivity contribution is 0.0214. The first-order valence-corrected chi connectivity index (χ1v) is 7.09. The molecule has 0 bridgehead atoms. The van der Waals surface area contributed by atoms with Crippen LogP contribution in [-0.2, 0) is 0 Å². The van der Waals surface area contributed by atoms with Crippen LogP contribution >= 0.6 is 0 Å². The Morgan fingerprint density at radius 1 is 1.21 bits per heavy atom. The van der Waals surface area contributed by atoms with Crippen molar-refractivity contribution in [3.05, 3.63) is 29.3 Å². The lowest BCUT2D eigenvalue weighted by Gasteiger charge is -2.23. The third-order valence-corrected chi connectivity index (χ3v) is 3.57. The predicted molar refractivity (Wildman–Crippen MR) is 77.7 cm³/mol. The number of hydrogen-bond acceptors (Lipinski definition) is 3. The van der Waals surface area contributed by atoms with Crippen molar-refractivity contribution in [3.8, 4) is 5.75 Å². The Hall–Kier alpha value is -1.06. The van der Waals surface area contributed by atoms with Crippen molar-refractivity contribution in [2.75, 3.05) is 6.61 Å². The van der Waals surface area contributed by atoms with Gasteiger partial charge in [-0.3, -0.25) is 0 Å². The predicted octanol–water partition coefficient (Wildman–Crippen LogP) is 3.02. The SMILES string of the molecule is CCOc1ccc(C(CC)CC(O)C(C)O)c(C)c1. The van der Waals surface area contributed by atoms with Gasteiger partial charge in [0.1, 0.15) is 5.75 Å². The van der Waals surface area contributed by atoms with Gasteiger partial charge in [0.2, 0.25) is 0 Å². The second-order valence-corrected chi connectivity index (χ2v) is 5.10. The van der Waals surface area contributed by atoms with Crippen molar-refractivity contribution in [1.82, 2.24) is 0 Å². The zero-order chi connectivity index (χ0) is 14.4. The van der Waals surface area contributed by atoms with Gasteiger partial charge in [0.25, 0.3) is 0 Å². The average molecular weight is 266 g/mol. The summed E-state index contributed by atoms with van der Waals surface area (Å²) in [7, 11) is 0. The molecule has 3 unspecified atom stereocenters. The molecule has 0 saturated carbocycles. The first kappa shape index (κ1) is 16.0. The Bertz CT molecular complexity index is 388. The minimum atomic E-state index is -0.683. The van der Waals surface area contributed by atoms with E-state index in [9.17, 15) is 10.2 Å². The molecule has 0 spiro atoms. The first-order valence-electron chi connectivity index (χ1n) is 7.09. The minimum Gasteiger partial charge on any atom is -0.494 e.